The van der Waals surface area contributed by atoms with Crippen LogP contribution in [-0.2, 0) is 4.74 Å². The fraction of sp³-hybridized carbons (Fsp3) is 1.00. The fourth-order valence-corrected chi connectivity index (χ4v) is 2.80. The Kier molecular flexibility index (Phi) is 3.42. The smallest absolute Gasteiger partial charge is 0.0769 e. The Morgan fingerprint density at radius 3 is 2.36 bits per heavy atom. The van der Waals surface area contributed by atoms with E-state index in [2.05, 4.69) is 0 Å². The number of ether oxygens (including phenoxy) is 1. The molecular formula is C11H22N2O. The van der Waals surface area contributed by atoms with Gasteiger partial charge in [0.05, 0.1) is 6.10 Å². The molecule has 0 amide bonds. The zero-order chi connectivity index (χ0) is 9.97. The van der Waals surface area contributed by atoms with Gasteiger partial charge in [0.2, 0.25) is 0 Å². The van der Waals surface area contributed by atoms with Crippen molar-refractivity contribution in [3.63, 3.8) is 0 Å². The third kappa shape index (κ3) is 2.10. The molecule has 3 unspecified atom stereocenters. The van der Waals surface area contributed by atoms with Crippen LogP contribution in [0.15, 0.2) is 0 Å². The Balaban J connectivity index is 1.93. The number of nitrogens with two attached hydrogens (primary N) is 2. The van der Waals surface area contributed by atoms with Crippen LogP contribution in [0.5, 0.6) is 0 Å². The molecule has 82 valence electrons. The predicted molar refractivity (Wildman–Crippen MR) is 56.9 cm³/mol. The van der Waals surface area contributed by atoms with Gasteiger partial charge in [0.15, 0.2) is 0 Å². The molecular weight excluding hydrogens is 176 g/mol. The third-order valence-corrected chi connectivity index (χ3v) is 3.75. The lowest BCUT2D eigenvalue weighted by molar-refractivity contribution is -0.0501. The summed E-state index contributed by atoms with van der Waals surface area (Å²) in [6, 6.07) is 0.211. The van der Waals surface area contributed by atoms with E-state index in [4.69, 9.17) is 16.2 Å². The minimum Gasteiger partial charge on any atom is -0.376 e. The average Bonchev–Trinajstić information content (AvgIpc) is 2.23. The molecule has 0 aromatic carbocycles. The number of rotatable bonds is 1. The van der Waals surface area contributed by atoms with Gasteiger partial charge in [0.25, 0.3) is 0 Å². The molecule has 2 aliphatic rings. The van der Waals surface area contributed by atoms with Crippen molar-refractivity contribution in [1.29, 1.82) is 0 Å². The van der Waals surface area contributed by atoms with Crippen molar-refractivity contribution in [1.82, 2.24) is 0 Å². The fourth-order valence-electron chi connectivity index (χ4n) is 2.80. The lowest BCUT2D eigenvalue weighted by Gasteiger charge is -2.39. The van der Waals surface area contributed by atoms with E-state index in [0.29, 0.717) is 5.92 Å². The van der Waals surface area contributed by atoms with Crippen molar-refractivity contribution in [3.05, 3.63) is 0 Å². The molecule has 1 saturated carbocycles. The summed E-state index contributed by atoms with van der Waals surface area (Å²) in [4.78, 5) is 0. The van der Waals surface area contributed by atoms with Crippen LogP contribution in [0.4, 0.5) is 0 Å². The summed E-state index contributed by atoms with van der Waals surface area (Å²) in [5.41, 5.74) is 12.1. The van der Waals surface area contributed by atoms with E-state index in [1.807, 2.05) is 0 Å². The van der Waals surface area contributed by atoms with Crippen molar-refractivity contribution in [2.45, 2.75) is 56.7 Å². The highest BCUT2D eigenvalue weighted by Gasteiger charge is 2.35. The lowest BCUT2D eigenvalue weighted by Crippen LogP contribution is -2.57. The number of hydrogen-bond acceptors (Lipinski definition) is 3. The van der Waals surface area contributed by atoms with E-state index in [1.54, 1.807) is 0 Å². The molecule has 1 saturated heterocycles. The van der Waals surface area contributed by atoms with Gasteiger partial charge in [-0.2, -0.15) is 0 Å². The van der Waals surface area contributed by atoms with Crippen LogP contribution in [0.2, 0.25) is 0 Å². The zero-order valence-corrected chi connectivity index (χ0v) is 8.82. The molecule has 0 spiro atoms. The third-order valence-electron chi connectivity index (χ3n) is 3.75. The van der Waals surface area contributed by atoms with Crippen LogP contribution in [-0.4, -0.2) is 24.8 Å². The SMILES string of the molecule is NC1CCOC(C2CCCCC2)C1N. The van der Waals surface area contributed by atoms with Gasteiger partial charge in [0.1, 0.15) is 0 Å². The maximum atomic E-state index is 6.10. The van der Waals surface area contributed by atoms with Crippen LogP contribution < -0.4 is 11.5 Å². The molecule has 1 aliphatic heterocycles. The molecule has 0 aromatic heterocycles. The van der Waals surface area contributed by atoms with Gasteiger partial charge in [-0.05, 0) is 25.2 Å². The van der Waals surface area contributed by atoms with Crippen LogP contribution in [0.3, 0.4) is 0 Å². The summed E-state index contributed by atoms with van der Waals surface area (Å²) in [7, 11) is 0. The summed E-state index contributed by atoms with van der Waals surface area (Å²) in [6.07, 6.45) is 7.78. The van der Waals surface area contributed by atoms with Gasteiger partial charge in [0, 0.05) is 18.7 Å². The van der Waals surface area contributed by atoms with E-state index < -0.39 is 0 Å². The van der Waals surface area contributed by atoms with E-state index in [1.165, 1.54) is 32.1 Å². The van der Waals surface area contributed by atoms with Crippen molar-refractivity contribution in [3.8, 4) is 0 Å². The molecule has 2 fully saturated rings. The van der Waals surface area contributed by atoms with Gasteiger partial charge in [-0.1, -0.05) is 19.3 Å². The minimum atomic E-state index is 0.0619. The summed E-state index contributed by atoms with van der Waals surface area (Å²) in [5.74, 6) is 0.671. The van der Waals surface area contributed by atoms with Crippen molar-refractivity contribution in [2.24, 2.45) is 17.4 Å². The summed E-state index contributed by atoms with van der Waals surface area (Å²) in [5, 5.41) is 0. The zero-order valence-electron chi connectivity index (χ0n) is 8.82. The minimum absolute atomic E-state index is 0.0619. The van der Waals surface area contributed by atoms with Gasteiger partial charge in [-0.3, -0.25) is 0 Å². The van der Waals surface area contributed by atoms with E-state index in [0.717, 1.165) is 13.0 Å². The first kappa shape index (κ1) is 10.4. The lowest BCUT2D eigenvalue weighted by atomic mass is 9.80. The Hall–Kier alpha value is -0.120. The van der Waals surface area contributed by atoms with Gasteiger partial charge in [-0.15, -0.1) is 0 Å². The molecule has 3 atom stereocenters. The van der Waals surface area contributed by atoms with Gasteiger partial charge < -0.3 is 16.2 Å². The van der Waals surface area contributed by atoms with E-state index in [9.17, 15) is 0 Å². The standard InChI is InChI=1S/C11H22N2O/c12-9-6-7-14-11(10(9)13)8-4-2-1-3-5-8/h8-11H,1-7,12-13H2. The van der Waals surface area contributed by atoms with E-state index >= 15 is 0 Å². The van der Waals surface area contributed by atoms with Crippen molar-refractivity contribution < 1.29 is 4.74 Å². The van der Waals surface area contributed by atoms with Gasteiger partial charge >= 0.3 is 0 Å². The highest BCUT2D eigenvalue weighted by atomic mass is 16.5. The van der Waals surface area contributed by atoms with Crippen LogP contribution in [0.1, 0.15) is 38.5 Å². The maximum absolute atomic E-state index is 6.10. The van der Waals surface area contributed by atoms with Crippen LogP contribution in [0.25, 0.3) is 0 Å². The molecule has 0 bridgehead atoms. The molecule has 1 heterocycles. The van der Waals surface area contributed by atoms with E-state index in [-0.39, 0.29) is 18.2 Å². The molecule has 0 aromatic rings. The predicted octanol–water partition coefficient (Wildman–Crippen LogP) is 1.01. The Morgan fingerprint density at radius 2 is 1.64 bits per heavy atom. The molecule has 3 heteroatoms. The summed E-state index contributed by atoms with van der Waals surface area (Å²) in [6.45, 7) is 0.802. The average molecular weight is 198 g/mol. The Labute approximate surface area is 86.2 Å². The largest absolute Gasteiger partial charge is 0.376 e. The Bertz CT molecular complexity index is 180. The molecule has 4 N–H and O–H groups in total. The summed E-state index contributed by atoms with van der Waals surface area (Å²) >= 11 is 0. The van der Waals surface area contributed by atoms with Crippen LogP contribution in [0, 0.1) is 5.92 Å². The normalized spacial score (nSPS) is 41.1. The second kappa shape index (κ2) is 4.60. The first-order valence-electron chi connectivity index (χ1n) is 5.92. The van der Waals surface area contributed by atoms with Crippen molar-refractivity contribution in [2.75, 3.05) is 6.61 Å². The molecule has 14 heavy (non-hydrogen) atoms. The monoisotopic (exact) mass is 198 g/mol. The van der Waals surface area contributed by atoms with Crippen molar-refractivity contribution >= 4 is 0 Å². The first-order valence-corrected chi connectivity index (χ1v) is 5.92. The van der Waals surface area contributed by atoms with Crippen LogP contribution >= 0.6 is 0 Å². The second-order valence-electron chi connectivity index (χ2n) is 4.76. The highest BCUT2D eigenvalue weighted by molar-refractivity contribution is 4.91. The van der Waals surface area contributed by atoms with Gasteiger partial charge in [-0.25, -0.2) is 0 Å². The topological polar surface area (TPSA) is 61.3 Å². The highest BCUT2D eigenvalue weighted by Crippen LogP contribution is 2.31. The molecule has 2 rings (SSSR count). The quantitative estimate of drug-likeness (QED) is 0.661. The maximum Gasteiger partial charge on any atom is 0.0769 e. The number of hydrogen-bond donors (Lipinski definition) is 2. The Morgan fingerprint density at radius 1 is 0.929 bits per heavy atom. The molecule has 0 radical (unpaired) electrons. The molecule has 1 aliphatic carbocycles. The summed E-state index contributed by atoms with van der Waals surface area (Å²) < 4.78 is 5.80. The second-order valence-corrected chi connectivity index (χ2v) is 4.76. The molecule has 3 nitrogen and oxygen atoms in total. The first-order chi connectivity index (χ1) is 6.79.